The Bertz CT molecular complexity index is 10900. The molecular formula is C100H60O2. The lowest BCUT2D eigenvalue weighted by Crippen LogP contribution is -1.94. The normalized spacial score (nSPS) is 20.2. The summed E-state index contributed by atoms with van der Waals surface area (Å²) in [5.74, 6) is 0. The summed E-state index contributed by atoms with van der Waals surface area (Å²) >= 11 is 0. The van der Waals surface area contributed by atoms with E-state index in [-0.39, 0.29) is 0 Å². The topological polar surface area (TPSA) is 26.3 Å². The lowest BCUT2D eigenvalue weighted by Gasteiger charge is -2.21. The Morgan fingerprint density at radius 3 is 0.882 bits per heavy atom. The molecule has 22 aromatic rings. The maximum absolute atomic E-state index is 10.1. The molecule has 0 atom stereocenters. The monoisotopic (exact) mass is 1350 g/mol. The SMILES string of the molecule is [2H]c1c(-c2c(-c3c4c([2H])c([2H])c([2H])c([2H])c4c(-c4c([2H])c([2H])c([2H])c5c([2H])c([2H])c([2H])c([2H])c45)c4c([2H])c([2H])c([2H])c([2H])c34)c([2H])c([2H])c3c([2H])c([2H])c([2H])c([2H])c23)c([2H])c2c(oc3c([2H])c([2H])c4c([2H])c([2H])c([2H])c([2H])c4c32)c1[2H].[2H]c1c(-c2c(-c3c4c([2H])c([2H])c([2H])c([2H])c4c(-c4c([2H])c([2H])c5c([2H])c([2H])c([2H])c([2H])c5c4[2H])c4c([2H])c([2H])c([2H])c([2H])c34)c([2H])c([2H])c3c([2H])c([2H])c([2H])c([2H])c23)c([2H])c2c(oc3c([2H])c([2H])c4c([2H])c([2H])c([2H])c([2H])c4c32)c1[2H]. The Hall–Kier alpha value is -13.4. The van der Waals surface area contributed by atoms with Crippen molar-refractivity contribution in [2.24, 2.45) is 0 Å². The van der Waals surface area contributed by atoms with Crippen LogP contribution in [0.2, 0.25) is 0 Å². The van der Waals surface area contributed by atoms with Gasteiger partial charge in [0.1, 0.15) is 22.3 Å². The second kappa shape index (κ2) is 23.1. The average molecular weight is 1350 g/mol. The van der Waals surface area contributed by atoms with Gasteiger partial charge in [-0.2, -0.15) is 0 Å². The maximum atomic E-state index is 10.1. The first-order chi connectivity index (χ1) is 75.6. The maximum Gasteiger partial charge on any atom is 0.136 e. The number of hydrogen-bond acceptors (Lipinski definition) is 2. The van der Waals surface area contributed by atoms with E-state index >= 15 is 0 Å². The lowest BCUT2D eigenvalue weighted by atomic mass is 9.82. The van der Waals surface area contributed by atoms with E-state index in [1.807, 2.05) is 0 Å². The van der Waals surface area contributed by atoms with Gasteiger partial charge in [0.05, 0.1) is 82.2 Å². The van der Waals surface area contributed by atoms with E-state index < -0.39 is 581 Å². The second-order valence-corrected chi connectivity index (χ2v) is 22.5. The highest BCUT2D eigenvalue weighted by Crippen LogP contribution is 2.52. The number of furan rings is 2. The Labute approximate surface area is 671 Å². The summed E-state index contributed by atoms with van der Waals surface area (Å²) in [5.41, 5.74) is -13.0. The molecule has 2 heterocycles. The average Bonchev–Trinajstić information content (AvgIpc) is 0.692. The minimum Gasteiger partial charge on any atom is -0.456 e. The fourth-order valence-corrected chi connectivity index (χ4v) is 13.0. The smallest absolute Gasteiger partial charge is 0.136 e. The highest BCUT2D eigenvalue weighted by molar-refractivity contribution is 6.28. The molecule has 102 heavy (non-hydrogen) atoms. The zero-order chi connectivity index (χ0) is 119. The van der Waals surface area contributed by atoms with E-state index in [4.69, 9.17) is 59.6 Å². The van der Waals surface area contributed by atoms with Crippen LogP contribution in [0.4, 0.5) is 0 Å². The molecule has 0 aliphatic rings. The Kier molecular flexibility index (Phi) is 5.42. The van der Waals surface area contributed by atoms with Crippen molar-refractivity contribution < 1.29 is 91.1 Å². The van der Waals surface area contributed by atoms with Gasteiger partial charge < -0.3 is 8.83 Å². The number of fused-ring (bicyclic) bond motifs is 18. The summed E-state index contributed by atoms with van der Waals surface area (Å²) in [6, 6.07) is -58.5. The van der Waals surface area contributed by atoms with Gasteiger partial charge in [0.25, 0.3) is 0 Å². The van der Waals surface area contributed by atoms with E-state index in [0.717, 1.165) is 0 Å². The van der Waals surface area contributed by atoms with Crippen LogP contribution >= 0.6 is 0 Å². The fourth-order valence-electron chi connectivity index (χ4n) is 13.0. The summed E-state index contributed by atoms with van der Waals surface area (Å²) in [7, 11) is 0. The van der Waals surface area contributed by atoms with Gasteiger partial charge in [-0.3, -0.25) is 0 Å². The third-order valence-corrected chi connectivity index (χ3v) is 17.2. The summed E-state index contributed by atoms with van der Waals surface area (Å²) in [5, 5.41) is -16.8. The van der Waals surface area contributed by atoms with E-state index in [0.29, 0.717) is 0 Å². The van der Waals surface area contributed by atoms with Gasteiger partial charge in [0.15, 0.2) is 0 Å². The molecule has 0 fully saturated rings. The van der Waals surface area contributed by atoms with Crippen molar-refractivity contribution in [2.45, 2.75) is 0 Å². The first-order valence-corrected chi connectivity index (χ1v) is 30.3. The molecule has 0 saturated heterocycles. The van der Waals surface area contributed by atoms with E-state index in [1.165, 1.54) is 0 Å². The van der Waals surface area contributed by atoms with Crippen molar-refractivity contribution in [1.82, 2.24) is 0 Å². The molecule has 2 nitrogen and oxygen atoms in total. The van der Waals surface area contributed by atoms with Crippen LogP contribution in [0.5, 0.6) is 0 Å². The molecule has 0 saturated carbocycles. The van der Waals surface area contributed by atoms with Crippen molar-refractivity contribution in [3.63, 3.8) is 0 Å². The third kappa shape index (κ3) is 9.00. The molecule has 20 aromatic carbocycles. The Morgan fingerprint density at radius 2 is 0.441 bits per heavy atom. The molecule has 2 aromatic heterocycles. The molecule has 0 N–H and O–H groups in total. The largest absolute Gasteiger partial charge is 0.456 e. The molecule has 0 aliphatic carbocycles. The minimum atomic E-state index is -1.15. The highest BCUT2D eigenvalue weighted by Gasteiger charge is 2.25. The molecule has 2 heteroatoms. The molecular weight excluding hydrogens is 1230 g/mol. The van der Waals surface area contributed by atoms with Crippen LogP contribution in [0.1, 0.15) is 82.2 Å². The minimum absolute atomic E-state index is 0.474. The molecule has 0 aliphatic heterocycles. The van der Waals surface area contributed by atoms with Crippen molar-refractivity contribution in [2.75, 3.05) is 0 Å². The molecule has 0 unspecified atom stereocenters. The second-order valence-electron chi connectivity index (χ2n) is 22.5. The number of benzene rings is 20. The quantitative estimate of drug-likeness (QED) is 0.155. The number of hydrogen-bond donors (Lipinski definition) is 0. The first kappa shape index (κ1) is 23.9. The Morgan fingerprint density at radius 1 is 0.157 bits per heavy atom. The van der Waals surface area contributed by atoms with Gasteiger partial charge in [0.2, 0.25) is 0 Å². The standard InChI is InChI=1S/2C50H30O/c1-4-16-35-31(12-1)15-11-23-38(35)48-39-19-7-9-21-41(39)49(42-22-10-8-20-40(42)48)43-27-24-32-13-2-5-17-36(32)47(43)34-26-28-45-44(30-34)50-37-18-6-3-14-33(37)25-29-46(50)51-45;1-2-14-34-29-35(22-21-31(34)11-1)48-39-17-7-9-19-41(39)49(42-20-10-8-18-40(42)48)43-26-23-32-12-3-5-15-37(32)47(43)36-25-27-45-44(30-36)50-38-16-6-4-13-33(38)24-28-46(50)51-45/h2*1-30H/i2*1D,2D,3D,4D,5D,6D,7D,8D,9D,10D,11D,12D,13D,14D,15D,16D,17D,18D,19D,20D,21D,22D,23D,24D,25D,26D,27D,28D,29D,30D. The highest BCUT2D eigenvalue weighted by atomic mass is 16.3. The van der Waals surface area contributed by atoms with Crippen molar-refractivity contribution in [1.29, 1.82) is 0 Å². The predicted molar refractivity (Wildman–Crippen MR) is 435 cm³/mol. The fraction of sp³-hybridized carbons (Fsp3) is 0. The van der Waals surface area contributed by atoms with Gasteiger partial charge in [-0.25, -0.2) is 0 Å². The van der Waals surface area contributed by atoms with Crippen LogP contribution in [0.3, 0.4) is 0 Å². The van der Waals surface area contributed by atoms with Crippen molar-refractivity contribution >= 4 is 152 Å². The van der Waals surface area contributed by atoms with Crippen LogP contribution in [-0.2, 0) is 0 Å². The molecule has 0 spiro atoms. The zero-order valence-corrected chi connectivity index (χ0v) is 50.8. The predicted octanol–water partition coefficient (Wildman–Crippen LogP) is 28.7. The third-order valence-electron chi connectivity index (χ3n) is 17.2. The van der Waals surface area contributed by atoms with Gasteiger partial charge in [-0.05, 0) is 217 Å². The zero-order valence-electron chi connectivity index (χ0n) is 111. The van der Waals surface area contributed by atoms with Crippen LogP contribution in [0, 0.1) is 0 Å². The van der Waals surface area contributed by atoms with Gasteiger partial charge in [-0.15, -0.1) is 0 Å². The lowest BCUT2D eigenvalue weighted by molar-refractivity contribution is 0.669. The first-order valence-electron chi connectivity index (χ1n) is 60.3. The Balaban J connectivity index is 0.000000186. The van der Waals surface area contributed by atoms with Gasteiger partial charge in [-0.1, -0.05) is 320 Å². The van der Waals surface area contributed by atoms with Crippen LogP contribution in [0.15, 0.2) is 371 Å². The van der Waals surface area contributed by atoms with E-state index in [9.17, 15) is 31.5 Å². The van der Waals surface area contributed by atoms with Crippen molar-refractivity contribution in [3.8, 4) is 66.8 Å². The van der Waals surface area contributed by atoms with E-state index in [2.05, 4.69) is 0 Å². The van der Waals surface area contributed by atoms with Gasteiger partial charge >= 0.3 is 0 Å². The van der Waals surface area contributed by atoms with Crippen LogP contribution in [-0.4, -0.2) is 0 Å². The number of rotatable bonds is 6. The summed E-state index contributed by atoms with van der Waals surface area (Å²) in [4.78, 5) is 0. The van der Waals surface area contributed by atoms with Crippen LogP contribution < -0.4 is 0 Å². The molecule has 22 rings (SSSR count). The van der Waals surface area contributed by atoms with Crippen LogP contribution in [0.25, 0.3) is 218 Å². The summed E-state index contributed by atoms with van der Waals surface area (Å²) < 4.78 is 562. The van der Waals surface area contributed by atoms with E-state index in [1.54, 1.807) is 0 Å². The van der Waals surface area contributed by atoms with Gasteiger partial charge in [0, 0.05) is 21.5 Å². The summed E-state index contributed by atoms with van der Waals surface area (Å²) in [6.07, 6.45) is 0. The molecule has 472 valence electrons. The molecule has 0 radical (unpaired) electrons. The molecule has 0 bridgehead atoms. The molecule has 0 amide bonds. The van der Waals surface area contributed by atoms with Crippen molar-refractivity contribution in [3.05, 3.63) is 363 Å². The summed E-state index contributed by atoms with van der Waals surface area (Å²) in [6.45, 7) is 0.